The maximum atomic E-state index is 11.8. The predicted molar refractivity (Wildman–Crippen MR) is 63.4 cm³/mol. The molecule has 5 nitrogen and oxygen atoms in total. The second-order valence-electron chi connectivity index (χ2n) is 3.28. The third-order valence-electron chi connectivity index (χ3n) is 1.98. The molecule has 1 aromatic carbocycles. The second kappa shape index (κ2) is 6.15. The quantitative estimate of drug-likeness (QED) is 0.808. The van der Waals surface area contributed by atoms with Crippen LogP contribution in [0.4, 0.5) is 0 Å². The van der Waals surface area contributed by atoms with Crippen molar-refractivity contribution in [1.82, 2.24) is 5.32 Å². The molecule has 0 spiro atoms. The number of carboxylic acid groups (broad SMARTS) is 1. The van der Waals surface area contributed by atoms with E-state index in [1.54, 1.807) is 13.0 Å². The maximum Gasteiger partial charge on any atom is 0.335 e. The summed E-state index contributed by atoms with van der Waals surface area (Å²) in [5.74, 6) is -1.55. The van der Waals surface area contributed by atoms with Crippen molar-refractivity contribution in [2.75, 3.05) is 12.3 Å². The number of carboxylic acids is 1. The Morgan fingerprint density at radius 2 is 2.12 bits per heavy atom. The van der Waals surface area contributed by atoms with Crippen molar-refractivity contribution in [3.05, 3.63) is 29.8 Å². The van der Waals surface area contributed by atoms with E-state index >= 15 is 0 Å². The number of aromatic carboxylic acids is 1. The van der Waals surface area contributed by atoms with Gasteiger partial charge in [-0.25, -0.2) is 4.79 Å². The third-order valence-corrected chi connectivity index (χ3v) is 3.28. The minimum atomic E-state index is -1.52. The average Bonchev–Trinajstić information content (AvgIpc) is 2.29. The maximum absolute atomic E-state index is 11.8. The molecule has 0 bridgehead atoms. The van der Waals surface area contributed by atoms with Crippen molar-refractivity contribution in [3.8, 4) is 0 Å². The predicted octanol–water partition coefficient (Wildman–Crippen LogP) is 0.628. The Morgan fingerprint density at radius 3 is 2.71 bits per heavy atom. The first-order chi connectivity index (χ1) is 8.04. The van der Waals surface area contributed by atoms with Crippen molar-refractivity contribution in [3.63, 3.8) is 0 Å². The monoisotopic (exact) mass is 255 g/mol. The Kier molecular flexibility index (Phi) is 4.84. The van der Waals surface area contributed by atoms with Crippen LogP contribution in [-0.4, -0.2) is 33.5 Å². The van der Waals surface area contributed by atoms with Crippen LogP contribution in [0.5, 0.6) is 0 Å². The number of rotatable bonds is 5. The number of carbonyl (C=O) groups is 2. The van der Waals surface area contributed by atoms with E-state index in [-0.39, 0.29) is 17.2 Å². The van der Waals surface area contributed by atoms with Gasteiger partial charge in [-0.2, -0.15) is 0 Å². The number of nitrogens with one attached hydrogen (secondary N) is 1. The van der Waals surface area contributed by atoms with Crippen LogP contribution in [0.3, 0.4) is 0 Å². The van der Waals surface area contributed by atoms with Crippen molar-refractivity contribution >= 4 is 22.7 Å². The fourth-order valence-electron chi connectivity index (χ4n) is 1.22. The fraction of sp³-hybridized carbons (Fsp3) is 0.273. The Labute approximate surface area is 101 Å². The van der Waals surface area contributed by atoms with E-state index in [0.717, 1.165) is 0 Å². The SMILES string of the molecule is CCNC(=O)CS(=O)c1cccc(C(=O)O)c1. The molecule has 1 aromatic rings. The molecule has 1 amide bonds. The molecule has 0 aliphatic carbocycles. The normalized spacial score (nSPS) is 11.8. The molecule has 0 saturated heterocycles. The lowest BCUT2D eigenvalue weighted by Crippen LogP contribution is -2.27. The molecule has 0 saturated carbocycles. The molecule has 2 N–H and O–H groups in total. The van der Waals surface area contributed by atoms with Gasteiger partial charge in [0.15, 0.2) is 0 Å². The number of amides is 1. The summed E-state index contributed by atoms with van der Waals surface area (Å²) in [6.07, 6.45) is 0. The van der Waals surface area contributed by atoms with E-state index in [9.17, 15) is 13.8 Å². The zero-order valence-corrected chi connectivity index (χ0v) is 10.1. The van der Waals surface area contributed by atoms with E-state index in [4.69, 9.17) is 5.11 Å². The lowest BCUT2D eigenvalue weighted by atomic mass is 10.2. The van der Waals surface area contributed by atoms with Gasteiger partial charge < -0.3 is 10.4 Å². The molecule has 0 aliphatic heterocycles. The summed E-state index contributed by atoms with van der Waals surface area (Å²) in [5.41, 5.74) is 0.0618. The Bertz CT molecular complexity index is 459. The van der Waals surface area contributed by atoms with Crippen LogP contribution in [0.1, 0.15) is 17.3 Å². The van der Waals surface area contributed by atoms with Gasteiger partial charge in [0, 0.05) is 11.4 Å². The van der Waals surface area contributed by atoms with Crippen LogP contribution in [-0.2, 0) is 15.6 Å². The Hall–Kier alpha value is -1.69. The number of benzene rings is 1. The van der Waals surface area contributed by atoms with E-state index in [0.29, 0.717) is 11.4 Å². The van der Waals surface area contributed by atoms with Gasteiger partial charge in [-0.05, 0) is 25.1 Å². The van der Waals surface area contributed by atoms with Gasteiger partial charge >= 0.3 is 5.97 Å². The summed E-state index contributed by atoms with van der Waals surface area (Å²) >= 11 is 0. The standard InChI is InChI=1S/C11H13NO4S/c1-2-12-10(13)7-17(16)9-5-3-4-8(6-9)11(14)15/h3-6H,2,7H2,1H3,(H,12,13)(H,14,15). The second-order valence-corrected chi connectivity index (χ2v) is 4.73. The van der Waals surface area contributed by atoms with Gasteiger partial charge in [0.25, 0.3) is 0 Å². The number of hydrogen-bond donors (Lipinski definition) is 2. The van der Waals surface area contributed by atoms with E-state index in [2.05, 4.69) is 5.32 Å². The van der Waals surface area contributed by atoms with Gasteiger partial charge in [0.05, 0.1) is 16.4 Å². The lowest BCUT2D eigenvalue weighted by Gasteiger charge is -2.03. The minimum absolute atomic E-state index is 0.0618. The smallest absolute Gasteiger partial charge is 0.335 e. The highest BCUT2D eigenvalue weighted by Gasteiger charge is 2.11. The van der Waals surface area contributed by atoms with Gasteiger partial charge in [-0.1, -0.05) is 6.07 Å². The molecule has 1 atom stereocenters. The Morgan fingerprint density at radius 1 is 1.41 bits per heavy atom. The highest BCUT2D eigenvalue weighted by molar-refractivity contribution is 7.85. The topological polar surface area (TPSA) is 83.5 Å². The van der Waals surface area contributed by atoms with Crippen molar-refractivity contribution in [1.29, 1.82) is 0 Å². The number of carbonyl (C=O) groups excluding carboxylic acids is 1. The third kappa shape index (κ3) is 3.99. The van der Waals surface area contributed by atoms with Crippen LogP contribution in [0, 0.1) is 0 Å². The van der Waals surface area contributed by atoms with E-state index in [1.165, 1.54) is 18.2 Å². The first kappa shape index (κ1) is 13.4. The lowest BCUT2D eigenvalue weighted by molar-refractivity contribution is -0.118. The molecular weight excluding hydrogens is 242 g/mol. The molecule has 6 heteroatoms. The van der Waals surface area contributed by atoms with E-state index in [1.807, 2.05) is 0 Å². The van der Waals surface area contributed by atoms with Crippen LogP contribution in [0.15, 0.2) is 29.2 Å². The fourth-order valence-corrected chi connectivity index (χ4v) is 2.22. The van der Waals surface area contributed by atoms with Gasteiger partial charge in [0.2, 0.25) is 5.91 Å². The van der Waals surface area contributed by atoms with Gasteiger partial charge in [0.1, 0.15) is 5.75 Å². The number of hydrogen-bond acceptors (Lipinski definition) is 3. The van der Waals surface area contributed by atoms with Crippen LogP contribution < -0.4 is 5.32 Å². The molecule has 0 aromatic heterocycles. The van der Waals surface area contributed by atoms with Crippen LogP contribution in [0.2, 0.25) is 0 Å². The zero-order chi connectivity index (χ0) is 12.8. The molecule has 0 fully saturated rings. The first-order valence-corrected chi connectivity index (χ1v) is 6.35. The largest absolute Gasteiger partial charge is 0.478 e. The molecule has 0 aliphatic rings. The summed E-state index contributed by atoms with van der Waals surface area (Å²) in [4.78, 5) is 22.3. The molecule has 0 radical (unpaired) electrons. The molecule has 1 rings (SSSR count). The Balaban J connectivity index is 2.79. The highest BCUT2D eigenvalue weighted by Crippen LogP contribution is 2.10. The molecular formula is C11H13NO4S. The van der Waals surface area contributed by atoms with E-state index < -0.39 is 16.8 Å². The molecule has 0 heterocycles. The first-order valence-electron chi connectivity index (χ1n) is 5.03. The van der Waals surface area contributed by atoms with Crippen molar-refractivity contribution in [2.45, 2.75) is 11.8 Å². The highest BCUT2D eigenvalue weighted by atomic mass is 32.2. The summed E-state index contributed by atoms with van der Waals surface area (Å²) in [7, 11) is -1.52. The molecule has 1 unspecified atom stereocenters. The minimum Gasteiger partial charge on any atom is -0.478 e. The summed E-state index contributed by atoms with van der Waals surface area (Å²) in [5, 5.41) is 11.3. The van der Waals surface area contributed by atoms with Crippen molar-refractivity contribution in [2.24, 2.45) is 0 Å². The van der Waals surface area contributed by atoms with Gasteiger partial charge in [-0.3, -0.25) is 9.00 Å². The average molecular weight is 255 g/mol. The van der Waals surface area contributed by atoms with Gasteiger partial charge in [-0.15, -0.1) is 0 Å². The zero-order valence-electron chi connectivity index (χ0n) is 9.30. The summed E-state index contributed by atoms with van der Waals surface area (Å²) in [6.45, 7) is 2.25. The molecule has 92 valence electrons. The van der Waals surface area contributed by atoms with Crippen LogP contribution in [0.25, 0.3) is 0 Å². The van der Waals surface area contributed by atoms with Crippen LogP contribution >= 0.6 is 0 Å². The summed E-state index contributed by atoms with van der Waals surface area (Å²) < 4.78 is 11.8. The summed E-state index contributed by atoms with van der Waals surface area (Å²) in [6, 6.07) is 5.78. The molecule has 17 heavy (non-hydrogen) atoms. The van der Waals surface area contributed by atoms with Crippen molar-refractivity contribution < 1.29 is 18.9 Å².